The summed E-state index contributed by atoms with van der Waals surface area (Å²) in [6, 6.07) is 10.2. The fourth-order valence-corrected chi connectivity index (χ4v) is 5.85. The molecule has 2 aromatic heterocycles. The molecule has 1 aliphatic heterocycles. The molecule has 1 aliphatic rings. The summed E-state index contributed by atoms with van der Waals surface area (Å²) in [5.74, 6) is -1.59. The number of aromatic nitrogens is 2. The van der Waals surface area contributed by atoms with Crippen LogP contribution in [0.15, 0.2) is 57.1 Å². The first-order chi connectivity index (χ1) is 18.1. The molecule has 2 aromatic carbocycles. The average Bonchev–Trinajstić information content (AvgIpc) is 3.52. The number of oxazole rings is 1. The van der Waals surface area contributed by atoms with E-state index in [9.17, 15) is 27.6 Å². The van der Waals surface area contributed by atoms with E-state index in [2.05, 4.69) is 9.97 Å². The maximum Gasteiger partial charge on any atom is 0.417 e. The smallest absolute Gasteiger partial charge is 0.408 e. The lowest BCUT2D eigenvalue weighted by molar-refractivity contribution is -0.137. The van der Waals surface area contributed by atoms with E-state index in [-0.39, 0.29) is 29.9 Å². The van der Waals surface area contributed by atoms with Gasteiger partial charge in [-0.2, -0.15) is 13.2 Å². The summed E-state index contributed by atoms with van der Waals surface area (Å²) in [4.78, 5) is 45.2. The summed E-state index contributed by atoms with van der Waals surface area (Å²) in [5.41, 5.74) is 7.30. The van der Waals surface area contributed by atoms with E-state index in [0.717, 1.165) is 22.7 Å². The van der Waals surface area contributed by atoms with Crippen LogP contribution < -0.4 is 11.5 Å². The van der Waals surface area contributed by atoms with E-state index in [1.807, 2.05) is 6.07 Å². The van der Waals surface area contributed by atoms with E-state index in [4.69, 9.17) is 10.2 Å². The van der Waals surface area contributed by atoms with Crippen LogP contribution in [-0.2, 0) is 17.4 Å². The monoisotopic (exact) mass is 544 g/mol. The van der Waals surface area contributed by atoms with Crippen molar-refractivity contribution in [1.82, 2.24) is 14.9 Å². The molecule has 3 heterocycles. The number of amides is 2. The zero-order chi connectivity index (χ0) is 27.0. The van der Waals surface area contributed by atoms with Gasteiger partial charge >= 0.3 is 11.9 Å². The first-order valence-corrected chi connectivity index (χ1v) is 12.8. The predicted octanol–water partition coefficient (Wildman–Crippen LogP) is 4.43. The van der Waals surface area contributed by atoms with Gasteiger partial charge in [-0.05, 0) is 48.2 Å². The summed E-state index contributed by atoms with van der Waals surface area (Å²) in [5, 5.41) is 2.35. The number of hydrogen-bond acceptors (Lipinski definition) is 6. The van der Waals surface area contributed by atoms with Gasteiger partial charge in [-0.15, -0.1) is 11.3 Å². The third-order valence-electron chi connectivity index (χ3n) is 6.84. The number of hydrogen-bond donors (Lipinski definition) is 2. The Balaban J connectivity index is 1.35. The highest BCUT2D eigenvalue weighted by atomic mass is 32.1. The molecule has 2 unspecified atom stereocenters. The number of carbonyl (C=O) groups excluding carboxylic acids is 2. The predicted molar refractivity (Wildman–Crippen MR) is 134 cm³/mol. The van der Waals surface area contributed by atoms with Crippen LogP contribution in [0.2, 0.25) is 0 Å². The second-order valence-electron chi connectivity index (χ2n) is 9.24. The Morgan fingerprint density at radius 2 is 1.92 bits per heavy atom. The Morgan fingerprint density at radius 3 is 2.61 bits per heavy atom. The zero-order valence-corrected chi connectivity index (χ0v) is 20.8. The van der Waals surface area contributed by atoms with Crippen LogP contribution in [0, 0.1) is 0 Å². The molecule has 2 amide bonds. The van der Waals surface area contributed by atoms with Gasteiger partial charge in [0.05, 0.1) is 16.1 Å². The van der Waals surface area contributed by atoms with Crippen LogP contribution in [0.5, 0.6) is 0 Å². The van der Waals surface area contributed by atoms with Crippen molar-refractivity contribution >= 4 is 34.3 Å². The lowest BCUT2D eigenvalue weighted by Crippen LogP contribution is -2.42. The van der Waals surface area contributed by atoms with Crippen LogP contribution in [0.1, 0.15) is 56.9 Å². The van der Waals surface area contributed by atoms with Crippen molar-refractivity contribution in [2.24, 2.45) is 5.73 Å². The lowest BCUT2D eigenvalue weighted by atomic mass is 9.80. The first-order valence-electron chi connectivity index (χ1n) is 11.9. The number of carbonyl (C=O) groups is 2. The number of alkyl halides is 3. The Labute approximate surface area is 218 Å². The number of aromatic amines is 1. The van der Waals surface area contributed by atoms with E-state index in [0.29, 0.717) is 42.6 Å². The molecule has 12 heteroatoms. The molecule has 2 atom stereocenters. The number of rotatable bonds is 6. The van der Waals surface area contributed by atoms with E-state index in [1.54, 1.807) is 22.4 Å². The zero-order valence-electron chi connectivity index (χ0n) is 20.0. The lowest BCUT2D eigenvalue weighted by Gasteiger charge is -2.38. The van der Waals surface area contributed by atoms with Crippen molar-refractivity contribution in [2.75, 3.05) is 13.1 Å². The molecule has 0 aliphatic carbocycles. The summed E-state index contributed by atoms with van der Waals surface area (Å²) >= 11 is 1.34. The largest absolute Gasteiger partial charge is 0.417 e. The van der Waals surface area contributed by atoms with Gasteiger partial charge in [0.2, 0.25) is 5.91 Å². The molecule has 38 heavy (non-hydrogen) atoms. The Kier molecular flexibility index (Phi) is 6.82. The number of H-pyrrole nitrogens is 1. The highest BCUT2D eigenvalue weighted by molar-refractivity contribution is 7.09. The second-order valence-corrected chi connectivity index (χ2v) is 10.1. The van der Waals surface area contributed by atoms with Gasteiger partial charge in [0.1, 0.15) is 5.69 Å². The number of likely N-dealkylation sites (tertiary alicyclic amines) is 1. The second kappa shape index (κ2) is 10.1. The molecule has 198 valence electrons. The number of benzene rings is 2. The van der Waals surface area contributed by atoms with E-state index >= 15 is 0 Å². The van der Waals surface area contributed by atoms with Gasteiger partial charge < -0.3 is 15.1 Å². The van der Waals surface area contributed by atoms with Crippen molar-refractivity contribution in [3.63, 3.8) is 0 Å². The molecule has 0 spiro atoms. The van der Waals surface area contributed by atoms with Crippen LogP contribution >= 0.6 is 11.3 Å². The molecule has 1 fully saturated rings. The minimum absolute atomic E-state index is 0.102. The standard InChI is InChI=1S/C26H23F3N4O4S/c27-26(28,29)16-5-1-14(2-6-16)3-8-22(34)33-10-9-17(24-31-20(13-38-24)23(30)35)18(12-33)15-4-7-19-21(11-15)37-25(36)32-19/h1-2,4-7,11,13,17-18H,3,8-10,12H2,(H2,30,35)(H,32,36). The molecule has 1 saturated heterocycles. The van der Waals surface area contributed by atoms with Gasteiger partial charge in [0, 0.05) is 36.7 Å². The van der Waals surface area contributed by atoms with Crippen molar-refractivity contribution in [3.8, 4) is 0 Å². The molecule has 0 saturated carbocycles. The van der Waals surface area contributed by atoms with E-state index in [1.165, 1.54) is 23.5 Å². The molecule has 0 bridgehead atoms. The SMILES string of the molecule is NC(=O)c1csc(C2CCN(C(=O)CCc3ccc(C(F)(F)F)cc3)CC2c2ccc3[nH]c(=O)oc3c2)n1. The fraction of sp³-hybridized carbons (Fsp3) is 0.308. The van der Waals surface area contributed by atoms with Gasteiger partial charge in [0.25, 0.3) is 5.91 Å². The van der Waals surface area contributed by atoms with Gasteiger partial charge in [-0.3, -0.25) is 14.6 Å². The number of thiazole rings is 1. The van der Waals surface area contributed by atoms with Crippen LogP contribution in [0.4, 0.5) is 13.2 Å². The minimum atomic E-state index is -4.41. The topological polar surface area (TPSA) is 122 Å². The Morgan fingerprint density at radius 1 is 1.16 bits per heavy atom. The molecule has 4 aromatic rings. The quantitative estimate of drug-likeness (QED) is 0.372. The first kappa shape index (κ1) is 25.7. The summed E-state index contributed by atoms with van der Waals surface area (Å²) in [7, 11) is 0. The molecular weight excluding hydrogens is 521 g/mol. The molecule has 3 N–H and O–H groups in total. The normalized spacial score (nSPS) is 18.1. The fourth-order valence-electron chi connectivity index (χ4n) is 4.85. The Hall–Kier alpha value is -3.93. The van der Waals surface area contributed by atoms with Crippen LogP contribution in [-0.4, -0.2) is 39.8 Å². The van der Waals surface area contributed by atoms with Crippen LogP contribution in [0.3, 0.4) is 0 Å². The maximum atomic E-state index is 13.1. The van der Waals surface area contributed by atoms with Crippen molar-refractivity contribution in [3.05, 3.63) is 85.8 Å². The number of aryl methyl sites for hydroxylation is 1. The minimum Gasteiger partial charge on any atom is -0.408 e. The highest BCUT2D eigenvalue weighted by Crippen LogP contribution is 2.41. The Bertz CT molecular complexity index is 1540. The number of nitrogens with one attached hydrogen (secondary N) is 1. The van der Waals surface area contributed by atoms with Gasteiger partial charge in [-0.1, -0.05) is 18.2 Å². The molecule has 8 nitrogen and oxygen atoms in total. The van der Waals surface area contributed by atoms with Crippen molar-refractivity contribution in [2.45, 2.75) is 37.3 Å². The van der Waals surface area contributed by atoms with Crippen molar-refractivity contribution in [1.29, 1.82) is 0 Å². The number of nitrogens with zero attached hydrogens (tertiary/aromatic N) is 2. The summed E-state index contributed by atoms with van der Waals surface area (Å²) in [6.07, 6.45) is -3.36. The number of primary amides is 1. The highest BCUT2D eigenvalue weighted by Gasteiger charge is 2.36. The summed E-state index contributed by atoms with van der Waals surface area (Å²) < 4.78 is 43.7. The van der Waals surface area contributed by atoms with E-state index < -0.39 is 23.4 Å². The number of nitrogens with two attached hydrogens (primary N) is 1. The number of fused-ring (bicyclic) bond motifs is 1. The van der Waals surface area contributed by atoms with Crippen molar-refractivity contribution < 1.29 is 27.2 Å². The molecular formula is C26H23F3N4O4S. The number of piperidine rings is 1. The third kappa shape index (κ3) is 5.35. The van der Waals surface area contributed by atoms with Crippen LogP contribution in [0.25, 0.3) is 11.1 Å². The molecule has 0 radical (unpaired) electrons. The third-order valence-corrected chi connectivity index (χ3v) is 7.82. The average molecular weight is 545 g/mol. The summed E-state index contributed by atoms with van der Waals surface area (Å²) in [6.45, 7) is 0.822. The van der Waals surface area contributed by atoms with Gasteiger partial charge in [-0.25, -0.2) is 9.78 Å². The molecule has 5 rings (SSSR count). The number of halogens is 3. The van der Waals surface area contributed by atoms with Gasteiger partial charge in [0.15, 0.2) is 5.58 Å². The maximum absolute atomic E-state index is 13.1.